The summed E-state index contributed by atoms with van der Waals surface area (Å²) in [6.07, 6.45) is 1.54. The molecule has 0 spiro atoms. The number of carbonyl (C=O) groups is 1. The molecule has 2 N–H and O–H groups in total. The zero-order valence-electron chi connectivity index (χ0n) is 13.2. The largest absolute Gasteiger partial charge is 0.382 e. The normalized spacial score (nSPS) is 10.6. The molecule has 0 fully saturated rings. The van der Waals surface area contributed by atoms with Crippen molar-refractivity contribution in [1.29, 1.82) is 5.26 Å². The molecule has 0 atom stereocenters. The first kappa shape index (κ1) is 16.1. The fraction of sp³-hybridized carbons (Fsp3) is 0.200. The number of aryl methyl sites for hydroxylation is 1. The Morgan fingerprint density at radius 1 is 1.48 bits per heavy atom. The summed E-state index contributed by atoms with van der Waals surface area (Å²) < 4.78 is 1.51. The van der Waals surface area contributed by atoms with Gasteiger partial charge in [-0.15, -0.1) is 0 Å². The lowest BCUT2D eigenvalue weighted by Crippen LogP contribution is -2.24. The van der Waals surface area contributed by atoms with Crippen LogP contribution in [-0.2, 0) is 7.05 Å². The SMILES string of the molecule is Cn1cc([N+](=O)[O-])nc1-c1nc2cc(C(=O)NCCC#N)ccc2[nH]1. The zero-order chi connectivity index (χ0) is 18.0. The molecule has 126 valence electrons. The van der Waals surface area contributed by atoms with E-state index in [1.165, 1.54) is 10.8 Å². The van der Waals surface area contributed by atoms with Crippen molar-refractivity contribution in [3.8, 4) is 17.7 Å². The molecule has 0 aliphatic heterocycles. The summed E-state index contributed by atoms with van der Waals surface area (Å²) in [6.45, 7) is 0.274. The minimum Gasteiger partial charge on any atom is -0.358 e. The maximum absolute atomic E-state index is 12.0. The molecule has 3 aromatic rings. The third-order valence-electron chi connectivity index (χ3n) is 3.53. The maximum atomic E-state index is 12.0. The fourth-order valence-electron chi connectivity index (χ4n) is 2.35. The molecular weight excluding hydrogens is 326 g/mol. The van der Waals surface area contributed by atoms with Gasteiger partial charge in [-0.1, -0.05) is 0 Å². The van der Waals surface area contributed by atoms with Gasteiger partial charge in [-0.2, -0.15) is 5.26 Å². The summed E-state index contributed by atoms with van der Waals surface area (Å²) in [5, 5.41) is 22.0. The van der Waals surface area contributed by atoms with Gasteiger partial charge in [0, 0.05) is 19.2 Å². The van der Waals surface area contributed by atoms with Gasteiger partial charge in [-0.25, -0.2) is 4.98 Å². The highest BCUT2D eigenvalue weighted by molar-refractivity contribution is 5.97. The number of H-pyrrole nitrogens is 1. The number of carbonyl (C=O) groups excluding carboxylic acids is 1. The monoisotopic (exact) mass is 339 g/mol. The molecule has 2 heterocycles. The van der Waals surface area contributed by atoms with Crippen molar-refractivity contribution < 1.29 is 9.72 Å². The number of fused-ring (bicyclic) bond motifs is 1. The van der Waals surface area contributed by atoms with E-state index in [0.717, 1.165) is 0 Å². The second kappa shape index (κ2) is 6.40. The Morgan fingerprint density at radius 3 is 2.96 bits per heavy atom. The van der Waals surface area contributed by atoms with Crippen LogP contribution in [0.5, 0.6) is 0 Å². The van der Waals surface area contributed by atoms with Crippen LogP contribution in [-0.4, -0.2) is 36.9 Å². The van der Waals surface area contributed by atoms with Crippen molar-refractivity contribution >= 4 is 22.8 Å². The Bertz CT molecular complexity index is 1010. The van der Waals surface area contributed by atoms with Crippen LogP contribution >= 0.6 is 0 Å². The summed E-state index contributed by atoms with van der Waals surface area (Å²) in [5.41, 5.74) is 1.62. The van der Waals surface area contributed by atoms with E-state index >= 15 is 0 Å². The molecule has 0 aliphatic rings. The quantitative estimate of drug-likeness (QED) is 0.410. The number of aromatic nitrogens is 4. The third-order valence-corrected chi connectivity index (χ3v) is 3.53. The van der Waals surface area contributed by atoms with Crippen molar-refractivity contribution in [2.24, 2.45) is 7.05 Å². The van der Waals surface area contributed by atoms with Crippen LogP contribution in [0, 0.1) is 21.4 Å². The number of aromatic amines is 1. The molecule has 0 radical (unpaired) electrons. The van der Waals surface area contributed by atoms with Crippen molar-refractivity contribution in [3.05, 3.63) is 40.1 Å². The average Bonchev–Trinajstić information content (AvgIpc) is 3.17. The van der Waals surface area contributed by atoms with Crippen molar-refractivity contribution in [2.45, 2.75) is 6.42 Å². The number of hydrogen-bond acceptors (Lipinski definition) is 6. The number of hydrogen-bond donors (Lipinski definition) is 2. The predicted octanol–water partition coefficient (Wildman–Crippen LogP) is 1.52. The molecule has 1 amide bonds. The Balaban J connectivity index is 1.92. The highest BCUT2D eigenvalue weighted by Crippen LogP contribution is 2.22. The van der Waals surface area contributed by atoms with Crippen molar-refractivity contribution in [1.82, 2.24) is 24.8 Å². The van der Waals surface area contributed by atoms with Crippen molar-refractivity contribution in [2.75, 3.05) is 6.54 Å². The predicted molar refractivity (Wildman–Crippen MR) is 87.5 cm³/mol. The number of benzene rings is 1. The minimum absolute atomic E-state index is 0.235. The van der Waals surface area contributed by atoms with Crippen LogP contribution in [0.4, 0.5) is 5.82 Å². The van der Waals surface area contributed by atoms with E-state index in [0.29, 0.717) is 28.2 Å². The number of amides is 1. The van der Waals surface area contributed by atoms with E-state index in [2.05, 4.69) is 20.3 Å². The second-order valence-corrected chi connectivity index (χ2v) is 5.27. The zero-order valence-corrected chi connectivity index (χ0v) is 13.2. The number of nitro groups is 1. The van der Waals surface area contributed by atoms with E-state index in [1.807, 2.05) is 6.07 Å². The second-order valence-electron chi connectivity index (χ2n) is 5.27. The van der Waals surface area contributed by atoms with Gasteiger partial charge >= 0.3 is 5.82 Å². The van der Waals surface area contributed by atoms with Crippen LogP contribution in [0.3, 0.4) is 0 Å². The molecule has 3 rings (SSSR count). The highest BCUT2D eigenvalue weighted by atomic mass is 16.6. The minimum atomic E-state index is -0.574. The van der Waals surface area contributed by atoms with E-state index in [9.17, 15) is 14.9 Å². The number of nitrogens with zero attached hydrogens (tertiary/aromatic N) is 5. The molecule has 0 unspecified atom stereocenters. The van der Waals surface area contributed by atoms with E-state index in [4.69, 9.17) is 5.26 Å². The topological polar surface area (TPSA) is 143 Å². The molecule has 0 saturated carbocycles. The molecule has 0 bridgehead atoms. The lowest BCUT2D eigenvalue weighted by atomic mass is 10.2. The Kier molecular flexibility index (Phi) is 4.13. The first-order chi connectivity index (χ1) is 12.0. The van der Waals surface area contributed by atoms with Crippen LogP contribution in [0.25, 0.3) is 22.7 Å². The van der Waals surface area contributed by atoms with Crippen molar-refractivity contribution in [3.63, 3.8) is 0 Å². The average molecular weight is 339 g/mol. The van der Waals surface area contributed by atoms with E-state index in [-0.39, 0.29) is 24.7 Å². The summed E-state index contributed by atoms with van der Waals surface area (Å²) in [5.74, 6) is 0.125. The van der Waals surface area contributed by atoms with Crippen LogP contribution in [0.1, 0.15) is 16.8 Å². The summed E-state index contributed by atoms with van der Waals surface area (Å²) >= 11 is 0. The number of imidazole rings is 2. The summed E-state index contributed by atoms with van der Waals surface area (Å²) in [4.78, 5) is 33.6. The first-order valence-electron chi connectivity index (χ1n) is 7.32. The Morgan fingerprint density at radius 2 is 2.28 bits per heavy atom. The molecule has 0 aliphatic carbocycles. The molecule has 10 nitrogen and oxygen atoms in total. The highest BCUT2D eigenvalue weighted by Gasteiger charge is 2.21. The molecule has 10 heteroatoms. The van der Waals surface area contributed by atoms with Gasteiger partial charge in [0.2, 0.25) is 5.82 Å². The molecule has 2 aromatic heterocycles. The summed E-state index contributed by atoms with van der Waals surface area (Å²) in [7, 11) is 1.64. The first-order valence-corrected chi connectivity index (χ1v) is 7.32. The fourth-order valence-corrected chi connectivity index (χ4v) is 2.35. The smallest absolute Gasteiger partial charge is 0.358 e. The third kappa shape index (κ3) is 3.16. The van der Waals surface area contributed by atoms with Crippen LogP contribution in [0.15, 0.2) is 24.4 Å². The standard InChI is InChI=1S/C15H13N7O3/c1-21-8-12(22(24)25)20-14(21)13-18-10-4-3-9(7-11(10)19-13)15(23)17-6-2-5-16/h3-4,7-8H,2,6H2,1H3,(H,17,23)(H,18,19). The van der Waals surface area contributed by atoms with Crippen LogP contribution in [0.2, 0.25) is 0 Å². The van der Waals surface area contributed by atoms with Gasteiger partial charge in [0.05, 0.1) is 23.5 Å². The van der Waals surface area contributed by atoms with Gasteiger partial charge in [0.1, 0.15) is 6.20 Å². The van der Waals surface area contributed by atoms with E-state index < -0.39 is 4.92 Å². The van der Waals surface area contributed by atoms with Gasteiger partial charge in [0.15, 0.2) is 0 Å². The lowest BCUT2D eigenvalue weighted by molar-refractivity contribution is -0.389. The number of rotatable bonds is 5. The van der Waals surface area contributed by atoms with Crippen LogP contribution < -0.4 is 5.32 Å². The van der Waals surface area contributed by atoms with Gasteiger partial charge in [-0.05, 0) is 28.1 Å². The number of nitriles is 1. The maximum Gasteiger partial charge on any atom is 0.382 e. The molecular formula is C15H13N7O3. The lowest BCUT2D eigenvalue weighted by Gasteiger charge is -2.02. The van der Waals surface area contributed by atoms with Gasteiger partial charge in [-0.3, -0.25) is 4.79 Å². The van der Waals surface area contributed by atoms with E-state index in [1.54, 1.807) is 25.2 Å². The molecule has 1 aromatic carbocycles. The molecule has 0 saturated heterocycles. The molecule has 25 heavy (non-hydrogen) atoms. The Hall–Kier alpha value is -3.74. The van der Waals surface area contributed by atoms with Gasteiger partial charge < -0.3 is 25.0 Å². The van der Waals surface area contributed by atoms with Gasteiger partial charge in [0.25, 0.3) is 11.7 Å². The number of nitrogens with one attached hydrogen (secondary N) is 2. The Labute approximate surface area is 141 Å². The summed E-state index contributed by atoms with van der Waals surface area (Å²) in [6, 6.07) is 6.89.